The van der Waals surface area contributed by atoms with E-state index in [9.17, 15) is 38.2 Å². The Labute approximate surface area is 242 Å². The number of aromatic nitrogens is 3. The third-order valence-corrected chi connectivity index (χ3v) is 6.67. The summed E-state index contributed by atoms with van der Waals surface area (Å²) in [5.41, 5.74) is -4.24. The van der Waals surface area contributed by atoms with Crippen LogP contribution in [0.4, 0.5) is 8.78 Å². The summed E-state index contributed by atoms with van der Waals surface area (Å²) in [7, 11) is 0. The number of halogens is 3. The van der Waals surface area contributed by atoms with Crippen molar-refractivity contribution in [3.63, 3.8) is 0 Å². The van der Waals surface area contributed by atoms with Crippen molar-refractivity contribution in [3.05, 3.63) is 96.3 Å². The van der Waals surface area contributed by atoms with Gasteiger partial charge in [-0.3, -0.25) is 14.4 Å². The number of hydrogen-bond donors (Lipinski definition) is 4. The zero-order valence-corrected chi connectivity index (χ0v) is 23.9. The second kappa shape index (κ2) is 11.3. The zero-order valence-electron chi connectivity index (χ0n) is 23.1. The van der Waals surface area contributed by atoms with Crippen LogP contribution in [-0.4, -0.2) is 47.6 Å². The first-order valence-electron chi connectivity index (χ1n) is 12.7. The highest BCUT2D eigenvalue weighted by atomic mass is 35.5. The monoisotopic (exact) mass is 603 g/mol. The van der Waals surface area contributed by atoms with E-state index in [2.05, 4.69) is 9.97 Å². The molecular formula is C29H28ClF2N3O7. The second-order valence-electron chi connectivity index (χ2n) is 11.1. The van der Waals surface area contributed by atoms with Gasteiger partial charge in [0.25, 0.3) is 11.5 Å². The molecule has 2 aromatic carbocycles. The molecule has 0 saturated heterocycles. The maximum absolute atomic E-state index is 14.2. The number of ketones is 1. The summed E-state index contributed by atoms with van der Waals surface area (Å²) >= 11 is 6.24. The molecule has 0 fully saturated rings. The van der Waals surface area contributed by atoms with E-state index in [1.54, 1.807) is 0 Å². The zero-order chi connectivity index (χ0) is 31.1. The minimum atomic E-state index is -1.94. The van der Waals surface area contributed by atoms with Crippen molar-refractivity contribution in [1.82, 2.24) is 14.5 Å². The number of imidazole rings is 1. The molecule has 4 aromatic rings. The molecule has 0 spiro atoms. The van der Waals surface area contributed by atoms with Gasteiger partial charge >= 0.3 is 5.69 Å². The van der Waals surface area contributed by atoms with Crippen LogP contribution < -0.4 is 16.0 Å². The Hall–Kier alpha value is -4.13. The molecule has 13 heteroatoms. The number of hydrogen-bond acceptors (Lipinski definition) is 7. The van der Waals surface area contributed by atoms with Crippen LogP contribution in [0.15, 0.2) is 46.1 Å². The van der Waals surface area contributed by atoms with Crippen molar-refractivity contribution in [3.8, 4) is 5.75 Å². The Morgan fingerprint density at radius 1 is 1.05 bits per heavy atom. The third-order valence-electron chi connectivity index (χ3n) is 6.32. The molecule has 0 radical (unpaired) electrons. The lowest BCUT2D eigenvalue weighted by molar-refractivity contribution is 0.0393. The summed E-state index contributed by atoms with van der Waals surface area (Å²) in [6.45, 7) is 4.90. The highest BCUT2D eigenvalue weighted by molar-refractivity contribution is 6.32. The lowest BCUT2D eigenvalue weighted by Crippen LogP contribution is -2.40. The number of aliphatic hydroxyl groups is 2. The van der Waals surface area contributed by atoms with E-state index >= 15 is 0 Å². The molecule has 42 heavy (non-hydrogen) atoms. The Bertz CT molecular complexity index is 1830. The highest BCUT2D eigenvalue weighted by Gasteiger charge is 2.31. The Morgan fingerprint density at radius 3 is 2.36 bits per heavy atom. The first-order valence-corrected chi connectivity index (χ1v) is 13.1. The number of pyridine rings is 1. The van der Waals surface area contributed by atoms with Gasteiger partial charge in [0.2, 0.25) is 0 Å². The number of carbonyl (C=O) groups excluding carboxylic acids is 2. The number of ether oxygens (including phenoxy) is 1. The molecule has 0 atom stereocenters. The summed E-state index contributed by atoms with van der Waals surface area (Å²) in [5.74, 6) is -3.23. The SMILES string of the molecule is CC(C)(O)CC(=O)c1cc(Cc2c[nH]c(=O)c(Cl)c2OCc2ccc(F)cc2F)cc2c1[nH]c(=O)n2C(=O)C(C)(C)O. The number of rotatable bonds is 9. The van der Waals surface area contributed by atoms with E-state index < -0.39 is 52.4 Å². The quantitative estimate of drug-likeness (QED) is 0.212. The van der Waals surface area contributed by atoms with Crippen LogP contribution in [0.3, 0.4) is 0 Å². The fourth-order valence-electron chi connectivity index (χ4n) is 4.37. The van der Waals surface area contributed by atoms with E-state index in [0.717, 1.165) is 6.07 Å². The number of Topliss-reactive ketones (excluding diaryl/α,β-unsaturated/α-hetero) is 1. The molecule has 2 heterocycles. The fraction of sp³-hybridized carbons (Fsp3) is 0.310. The van der Waals surface area contributed by atoms with Gasteiger partial charge < -0.3 is 24.9 Å². The first-order chi connectivity index (χ1) is 19.5. The van der Waals surface area contributed by atoms with Crippen molar-refractivity contribution in [2.45, 2.75) is 58.3 Å². The second-order valence-corrected chi connectivity index (χ2v) is 11.4. The molecule has 0 bridgehead atoms. The van der Waals surface area contributed by atoms with Crippen molar-refractivity contribution < 1.29 is 33.3 Å². The molecule has 2 aromatic heterocycles. The molecule has 0 aliphatic carbocycles. The summed E-state index contributed by atoms with van der Waals surface area (Å²) < 4.78 is 34.0. The lowest BCUT2D eigenvalue weighted by Gasteiger charge is -2.18. The molecule has 10 nitrogen and oxygen atoms in total. The summed E-state index contributed by atoms with van der Waals surface area (Å²) in [4.78, 5) is 56.3. The van der Waals surface area contributed by atoms with E-state index in [1.807, 2.05) is 0 Å². The van der Waals surface area contributed by atoms with Crippen LogP contribution in [0.2, 0.25) is 5.02 Å². The van der Waals surface area contributed by atoms with Gasteiger partial charge in [-0.05, 0) is 57.5 Å². The van der Waals surface area contributed by atoms with Gasteiger partial charge in [-0.2, -0.15) is 0 Å². The molecule has 0 aliphatic rings. The molecule has 0 aliphatic heterocycles. The van der Waals surface area contributed by atoms with Gasteiger partial charge in [-0.15, -0.1) is 0 Å². The van der Waals surface area contributed by atoms with E-state index in [1.165, 1.54) is 52.1 Å². The fourth-order valence-corrected chi connectivity index (χ4v) is 4.60. The van der Waals surface area contributed by atoms with Crippen LogP contribution in [0.25, 0.3) is 11.0 Å². The predicted molar refractivity (Wildman–Crippen MR) is 150 cm³/mol. The molecule has 0 amide bonds. The van der Waals surface area contributed by atoms with Crippen molar-refractivity contribution in [2.75, 3.05) is 0 Å². The smallest absolute Gasteiger partial charge is 0.333 e. The summed E-state index contributed by atoms with van der Waals surface area (Å²) in [6, 6.07) is 5.82. The van der Waals surface area contributed by atoms with Crippen molar-refractivity contribution >= 4 is 34.3 Å². The number of H-pyrrole nitrogens is 2. The summed E-state index contributed by atoms with van der Waals surface area (Å²) in [5, 5.41) is 20.2. The first kappa shape index (κ1) is 30.8. The highest BCUT2D eigenvalue weighted by Crippen LogP contribution is 2.31. The van der Waals surface area contributed by atoms with Crippen LogP contribution >= 0.6 is 11.6 Å². The predicted octanol–water partition coefficient (Wildman–Crippen LogP) is 3.87. The number of nitrogens with one attached hydrogen (secondary N) is 2. The van der Waals surface area contributed by atoms with Gasteiger partial charge in [0, 0.05) is 41.8 Å². The van der Waals surface area contributed by atoms with E-state index in [0.29, 0.717) is 21.8 Å². The normalized spacial score (nSPS) is 12.1. The van der Waals surface area contributed by atoms with Crippen LogP contribution in [0.1, 0.15) is 66.0 Å². The number of carbonyl (C=O) groups is 2. The lowest BCUT2D eigenvalue weighted by atomic mass is 9.94. The third kappa shape index (κ3) is 6.51. The average molecular weight is 604 g/mol. The Kier molecular flexibility index (Phi) is 8.27. The molecule has 4 rings (SSSR count). The van der Waals surface area contributed by atoms with Crippen molar-refractivity contribution in [2.24, 2.45) is 0 Å². The maximum Gasteiger partial charge on any atom is 0.333 e. The molecule has 0 saturated carbocycles. The summed E-state index contributed by atoms with van der Waals surface area (Å²) in [6.07, 6.45) is 0.923. The minimum absolute atomic E-state index is 0.00101. The number of nitrogens with zero attached hydrogens (tertiary/aromatic N) is 1. The van der Waals surface area contributed by atoms with Gasteiger partial charge in [-0.25, -0.2) is 18.1 Å². The van der Waals surface area contributed by atoms with E-state index in [-0.39, 0.29) is 45.8 Å². The van der Waals surface area contributed by atoms with Gasteiger partial charge in [0.1, 0.15) is 34.6 Å². The molecule has 4 N–H and O–H groups in total. The number of aromatic amines is 2. The molecule has 0 unspecified atom stereocenters. The number of benzene rings is 2. The number of fused-ring (bicyclic) bond motifs is 1. The molecular weight excluding hydrogens is 576 g/mol. The maximum atomic E-state index is 14.2. The van der Waals surface area contributed by atoms with Crippen LogP contribution in [0, 0.1) is 11.6 Å². The Balaban J connectivity index is 1.85. The van der Waals surface area contributed by atoms with Crippen LogP contribution in [-0.2, 0) is 13.0 Å². The largest absolute Gasteiger partial charge is 0.487 e. The van der Waals surface area contributed by atoms with Gasteiger partial charge in [-0.1, -0.05) is 11.6 Å². The minimum Gasteiger partial charge on any atom is -0.487 e. The Morgan fingerprint density at radius 2 is 1.74 bits per heavy atom. The van der Waals surface area contributed by atoms with Gasteiger partial charge in [0.15, 0.2) is 5.78 Å². The molecule has 222 valence electrons. The van der Waals surface area contributed by atoms with Crippen molar-refractivity contribution in [1.29, 1.82) is 0 Å². The topological polar surface area (TPSA) is 154 Å². The van der Waals surface area contributed by atoms with Crippen LogP contribution in [0.5, 0.6) is 5.75 Å². The van der Waals surface area contributed by atoms with Gasteiger partial charge in [0.05, 0.1) is 16.6 Å². The average Bonchev–Trinajstić information content (AvgIpc) is 3.19. The van der Waals surface area contributed by atoms with E-state index in [4.69, 9.17) is 16.3 Å². The standard InChI is InChI=1S/C29H28ClF2N3O7/c1-28(2,40)11-21(36)18-8-14(9-20-23(18)34-27(39)35(20)26(38)29(3,4)41)7-16-12-33-25(37)22(30)24(16)42-13-15-5-6-17(31)10-19(15)32/h5-6,8-10,12,40-41H,7,11,13H2,1-4H3,(H,33,37)(H,34,39).